The van der Waals surface area contributed by atoms with Crippen molar-refractivity contribution < 1.29 is 19.4 Å². The standard InChI is InChI=1S/C14H11BrF5NS2/c1-9-13(15)14-12(22-9)6-7-21(14)8-10-2-4-11(5-3-10)23(16,17,18,19)20/h2-7H,8H2,1H3. The van der Waals surface area contributed by atoms with Crippen molar-refractivity contribution in [3.05, 3.63) is 51.4 Å². The molecule has 0 saturated heterocycles. The summed E-state index contributed by atoms with van der Waals surface area (Å²) in [7, 11) is -9.60. The minimum atomic E-state index is -9.60. The van der Waals surface area contributed by atoms with E-state index in [4.69, 9.17) is 0 Å². The van der Waals surface area contributed by atoms with E-state index in [9.17, 15) is 19.4 Å². The molecule has 0 aliphatic heterocycles. The van der Waals surface area contributed by atoms with Gasteiger partial charge in [0.1, 0.15) is 4.90 Å². The highest BCUT2D eigenvalue weighted by Gasteiger charge is 2.65. The number of hydrogen-bond acceptors (Lipinski definition) is 1. The van der Waals surface area contributed by atoms with Crippen LogP contribution in [0.25, 0.3) is 10.2 Å². The van der Waals surface area contributed by atoms with Gasteiger partial charge in [-0.2, -0.15) is 0 Å². The fourth-order valence-corrected chi connectivity index (χ4v) is 4.75. The lowest BCUT2D eigenvalue weighted by Crippen LogP contribution is -2.06. The van der Waals surface area contributed by atoms with Gasteiger partial charge in [0.15, 0.2) is 0 Å². The molecule has 0 aliphatic rings. The van der Waals surface area contributed by atoms with Gasteiger partial charge in [-0.3, -0.25) is 0 Å². The van der Waals surface area contributed by atoms with Gasteiger partial charge in [0.25, 0.3) is 0 Å². The van der Waals surface area contributed by atoms with E-state index in [1.807, 2.05) is 23.8 Å². The van der Waals surface area contributed by atoms with Crippen molar-refractivity contribution in [3.8, 4) is 0 Å². The van der Waals surface area contributed by atoms with E-state index >= 15 is 0 Å². The Labute approximate surface area is 141 Å². The lowest BCUT2D eigenvalue weighted by atomic mass is 10.2. The molecule has 0 fully saturated rings. The SMILES string of the molecule is Cc1sc2ccn(Cc3ccc(S(F)(F)(F)(F)F)cc3)c2c1Br. The summed E-state index contributed by atoms with van der Waals surface area (Å²) in [5.41, 5.74) is 1.47. The molecule has 0 amide bonds. The molecule has 1 aromatic carbocycles. The number of rotatable bonds is 3. The predicted molar refractivity (Wildman–Crippen MR) is 89.2 cm³/mol. The molecule has 9 heteroatoms. The Morgan fingerprint density at radius 2 is 1.65 bits per heavy atom. The summed E-state index contributed by atoms with van der Waals surface area (Å²) >= 11 is 5.10. The van der Waals surface area contributed by atoms with E-state index in [1.54, 1.807) is 11.3 Å². The summed E-state index contributed by atoms with van der Waals surface area (Å²) in [5, 5.41) is 0. The first-order valence-corrected chi connectivity index (χ1v) is 9.98. The molecule has 2 heterocycles. The maximum absolute atomic E-state index is 12.7. The number of fused-ring (bicyclic) bond motifs is 1. The van der Waals surface area contributed by atoms with Crippen LogP contribution in [0.5, 0.6) is 0 Å². The Balaban J connectivity index is 1.95. The molecule has 0 aliphatic carbocycles. The molecule has 0 atom stereocenters. The van der Waals surface area contributed by atoms with Gasteiger partial charge in [-0.05, 0) is 46.6 Å². The largest absolute Gasteiger partial charge is 0.341 e. The van der Waals surface area contributed by atoms with Crippen molar-refractivity contribution in [2.45, 2.75) is 18.4 Å². The van der Waals surface area contributed by atoms with E-state index in [-0.39, 0.29) is 0 Å². The lowest BCUT2D eigenvalue weighted by molar-refractivity contribution is 0.364. The van der Waals surface area contributed by atoms with E-state index < -0.39 is 15.1 Å². The molecule has 23 heavy (non-hydrogen) atoms. The van der Waals surface area contributed by atoms with Crippen LogP contribution in [0.4, 0.5) is 19.4 Å². The van der Waals surface area contributed by atoms with Crippen LogP contribution in [0.2, 0.25) is 0 Å². The molecule has 3 rings (SSSR count). The third-order valence-electron chi connectivity index (χ3n) is 3.43. The van der Waals surface area contributed by atoms with Gasteiger partial charge in [-0.25, -0.2) is 0 Å². The monoisotopic (exact) mass is 431 g/mol. The van der Waals surface area contributed by atoms with Crippen LogP contribution in [0.15, 0.2) is 45.9 Å². The Bertz CT molecular complexity index is 894. The highest BCUT2D eigenvalue weighted by Crippen LogP contribution is 3.02. The minimum Gasteiger partial charge on any atom is -0.341 e. The topological polar surface area (TPSA) is 4.93 Å². The smallest absolute Gasteiger partial charge is 0.310 e. The molecule has 0 saturated carbocycles. The van der Waals surface area contributed by atoms with Gasteiger partial charge in [-0.15, -0.1) is 11.3 Å². The van der Waals surface area contributed by atoms with Crippen LogP contribution >= 0.6 is 37.5 Å². The van der Waals surface area contributed by atoms with Crippen molar-refractivity contribution in [3.63, 3.8) is 0 Å². The molecule has 1 nitrogen and oxygen atoms in total. The van der Waals surface area contributed by atoms with Crippen molar-refractivity contribution >= 4 is 47.7 Å². The first-order chi connectivity index (χ1) is 10.3. The number of thiophene rings is 1. The van der Waals surface area contributed by atoms with E-state index in [1.165, 1.54) is 0 Å². The summed E-state index contributed by atoms with van der Waals surface area (Å²) in [5.74, 6) is 0. The van der Waals surface area contributed by atoms with Crippen LogP contribution in [0.1, 0.15) is 10.4 Å². The lowest BCUT2D eigenvalue weighted by Gasteiger charge is -2.40. The highest BCUT2D eigenvalue weighted by atomic mass is 79.9. The third kappa shape index (κ3) is 3.27. The van der Waals surface area contributed by atoms with Gasteiger partial charge < -0.3 is 4.57 Å². The van der Waals surface area contributed by atoms with Gasteiger partial charge in [0.05, 0.1) is 14.7 Å². The number of nitrogens with zero attached hydrogens (tertiary/aromatic N) is 1. The minimum absolute atomic E-state index is 0.304. The second-order valence-corrected chi connectivity index (χ2v) is 9.70. The zero-order valence-electron chi connectivity index (χ0n) is 11.7. The van der Waals surface area contributed by atoms with E-state index in [0.29, 0.717) is 24.2 Å². The molecule has 0 unspecified atom stereocenters. The molecule has 2 aromatic heterocycles. The van der Waals surface area contributed by atoms with Crippen LogP contribution in [-0.2, 0) is 6.54 Å². The third-order valence-corrected chi connectivity index (χ3v) is 6.88. The molecular formula is C14H11BrF5NS2. The van der Waals surface area contributed by atoms with Gasteiger partial charge in [0, 0.05) is 17.6 Å². The molecule has 3 aromatic rings. The quantitative estimate of drug-likeness (QED) is 0.378. The Morgan fingerprint density at radius 3 is 2.22 bits per heavy atom. The van der Waals surface area contributed by atoms with Gasteiger partial charge in [-0.1, -0.05) is 31.6 Å². The van der Waals surface area contributed by atoms with Crippen molar-refractivity contribution in [2.75, 3.05) is 0 Å². The van der Waals surface area contributed by atoms with Crippen LogP contribution in [0, 0.1) is 6.92 Å². The highest BCUT2D eigenvalue weighted by molar-refractivity contribution is 9.10. The number of hydrogen-bond donors (Lipinski definition) is 0. The maximum Gasteiger partial charge on any atom is 0.310 e. The average Bonchev–Trinajstić information content (AvgIpc) is 2.90. The van der Waals surface area contributed by atoms with Crippen molar-refractivity contribution in [2.24, 2.45) is 0 Å². The maximum atomic E-state index is 12.7. The predicted octanol–water partition coefficient (Wildman–Crippen LogP) is 7.48. The summed E-state index contributed by atoms with van der Waals surface area (Å²) in [6, 6.07) is 5.00. The molecule has 0 bridgehead atoms. The summed E-state index contributed by atoms with van der Waals surface area (Å²) in [4.78, 5) is -0.764. The normalized spacial score (nSPS) is 15.6. The summed E-state index contributed by atoms with van der Waals surface area (Å²) in [6.07, 6.45) is 1.82. The molecule has 0 radical (unpaired) electrons. The first-order valence-electron chi connectivity index (χ1n) is 6.42. The molecule has 0 spiro atoms. The van der Waals surface area contributed by atoms with Crippen LogP contribution in [0.3, 0.4) is 0 Å². The molecule has 0 N–H and O–H groups in total. The number of benzene rings is 1. The van der Waals surface area contributed by atoms with Crippen molar-refractivity contribution in [1.82, 2.24) is 4.57 Å². The fraction of sp³-hybridized carbons (Fsp3) is 0.143. The Kier molecular flexibility index (Phi) is 3.30. The summed E-state index contributed by atoms with van der Waals surface area (Å²) < 4.78 is 67.4. The molecule has 126 valence electrons. The zero-order chi connectivity index (χ0) is 17.1. The number of aryl methyl sites for hydroxylation is 1. The number of aromatic nitrogens is 1. The summed E-state index contributed by atoms with van der Waals surface area (Å²) in [6.45, 7) is 2.27. The second-order valence-electron chi connectivity index (χ2n) is 5.24. The zero-order valence-corrected chi connectivity index (χ0v) is 14.9. The Morgan fingerprint density at radius 1 is 1.04 bits per heavy atom. The van der Waals surface area contributed by atoms with E-state index in [2.05, 4.69) is 15.9 Å². The van der Waals surface area contributed by atoms with Crippen LogP contribution < -0.4 is 0 Å². The molecular weight excluding hydrogens is 421 g/mol. The Hall–Kier alpha value is -1.06. The second kappa shape index (κ2) is 4.52. The fourth-order valence-electron chi connectivity index (χ4n) is 2.33. The average molecular weight is 432 g/mol. The van der Waals surface area contributed by atoms with Gasteiger partial charge >= 0.3 is 10.2 Å². The van der Waals surface area contributed by atoms with Crippen molar-refractivity contribution in [1.29, 1.82) is 0 Å². The van der Waals surface area contributed by atoms with Gasteiger partial charge in [0.2, 0.25) is 0 Å². The van der Waals surface area contributed by atoms with Crippen LogP contribution in [-0.4, -0.2) is 4.57 Å². The first kappa shape index (κ1) is 16.8. The van der Waals surface area contributed by atoms with E-state index in [0.717, 1.165) is 31.7 Å². The number of halogens is 6.